The molecule has 1 amide bonds. The summed E-state index contributed by atoms with van der Waals surface area (Å²) in [6.07, 6.45) is 0. The molecule has 23 heavy (non-hydrogen) atoms. The van der Waals surface area contributed by atoms with E-state index in [0.717, 1.165) is 14.0 Å². The minimum atomic E-state index is -0.212. The van der Waals surface area contributed by atoms with Gasteiger partial charge in [-0.05, 0) is 46.6 Å². The molecule has 2 aromatic heterocycles. The first-order valence-corrected chi connectivity index (χ1v) is 9.45. The summed E-state index contributed by atoms with van der Waals surface area (Å²) in [5.74, 6) is -0.212. The fourth-order valence-corrected chi connectivity index (χ4v) is 4.76. The smallest absolute Gasteiger partial charge is 0.289 e. The first-order valence-electron chi connectivity index (χ1n) is 7.02. The fraction of sp³-hybridized carbons (Fsp3) is 0.250. The van der Waals surface area contributed by atoms with Crippen LogP contribution in [0, 0.1) is 6.92 Å². The van der Waals surface area contributed by atoms with Crippen molar-refractivity contribution in [2.45, 2.75) is 13.5 Å². The lowest BCUT2D eigenvalue weighted by atomic mass is 10.2. The second-order valence-electron chi connectivity index (χ2n) is 4.97. The maximum Gasteiger partial charge on any atom is 0.289 e. The van der Waals surface area contributed by atoms with Crippen LogP contribution in [0.3, 0.4) is 0 Å². The van der Waals surface area contributed by atoms with Crippen molar-refractivity contribution in [1.82, 2.24) is 4.57 Å². The number of benzene rings is 1. The molecule has 0 bridgehead atoms. The van der Waals surface area contributed by atoms with E-state index in [1.807, 2.05) is 12.1 Å². The van der Waals surface area contributed by atoms with E-state index in [-0.39, 0.29) is 5.91 Å². The van der Waals surface area contributed by atoms with Crippen molar-refractivity contribution in [1.29, 1.82) is 0 Å². The highest BCUT2D eigenvalue weighted by Gasteiger charge is 2.12. The summed E-state index contributed by atoms with van der Waals surface area (Å²) in [5, 5.41) is 0. The molecule has 7 heteroatoms. The van der Waals surface area contributed by atoms with E-state index in [1.165, 1.54) is 28.2 Å². The molecule has 0 saturated carbocycles. The topological polar surface area (TPSA) is 43.6 Å². The van der Waals surface area contributed by atoms with Crippen LogP contribution in [0.25, 0.3) is 10.2 Å². The van der Waals surface area contributed by atoms with Gasteiger partial charge in [-0.15, -0.1) is 11.3 Å². The summed E-state index contributed by atoms with van der Waals surface area (Å²) >= 11 is 6.30. The third-order valence-electron chi connectivity index (χ3n) is 3.40. The number of aromatic nitrogens is 1. The first kappa shape index (κ1) is 16.6. The van der Waals surface area contributed by atoms with Crippen LogP contribution < -0.4 is 4.80 Å². The van der Waals surface area contributed by atoms with Crippen LogP contribution in [0.4, 0.5) is 0 Å². The van der Waals surface area contributed by atoms with Gasteiger partial charge in [0.25, 0.3) is 5.91 Å². The van der Waals surface area contributed by atoms with Crippen LogP contribution >= 0.6 is 38.6 Å². The van der Waals surface area contributed by atoms with E-state index in [9.17, 15) is 4.79 Å². The highest BCUT2D eigenvalue weighted by atomic mass is 79.9. The van der Waals surface area contributed by atoms with Gasteiger partial charge in [-0.25, -0.2) is 0 Å². The molecule has 3 rings (SSSR count). The molecule has 4 nitrogen and oxygen atoms in total. The number of hydrogen-bond acceptors (Lipinski definition) is 4. The summed E-state index contributed by atoms with van der Waals surface area (Å²) in [7, 11) is 1.67. The monoisotopic (exact) mass is 410 g/mol. The largest absolute Gasteiger partial charge is 0.383 e. The Bertz CT molecular complexity index is 924. The number of aryl methyl sites for hydroxylation is 1. The van der Waals surface area contributed by atoms with Crippen LogP contribution in [0.2, 0.25) is 0 Å². The number of ether oxygens (including phenoxy) is 1. The number of carbonyl (C=O) groups excluding carboxylic acids is 1. The number of carbonyl (C=O) groups is 1. The van der Waals surface area contributed by atoms with Crippen LogP contribution in [-0.4, -0.2) is 24.2 Å². The number of amides is 1. The van der Waals surface area contributed by atoms with Gasteiger partial charge in [0.15, 0.2) is 4.80 Å². The van der Waals surface area contributed by atoms with Crippen LogP contribution in [0.15, 0.2) is 39.1 Å². The maximum absolute atomic E-state index is 12.4. The maximum atomic E-state index is 12.4. The zero-order valence-corrected chi connectivity index (χ0v) is 15.9. The van der Waals surface area contributed by atoms with Gasteiger partial charge in [-0.1, -0.05) is 23.5 Å². The second kappa shape index (κ2) is 7.09. The van der Waals surface area contributed by atoms with E-state index in [2.05, 4.69) is 44.5 Å². The van der Waals surface area contributed by atoms with E-state index in [0.29, 0.717) is 22.8 Å². The zero-order valence-electron chi connectivity index (χ0n) is 12.7. The molecule has 0 aliphatic heterocycles. The minimum absolute atomic E-state index is 0.212. The lowest BCUT2D eigenvalue weighted by molar-refractivity contribution is 0.100. The van der Waals surface area contributed by atoms with Crippen molar-refractivity contribution in [2.75, 3.05) is 13.7 Å². The molecular formula is C16H15BrN2O2S2. The Balaban J connectivity index is 2.14. The summed E-state index contributed by atoms with van der Waals surface area (Å²) in [6.45, 7) is 3.31. The Morgan fingerprint density at radius 2 is 2.13 bits per heavy atom. The minimum Gasteiger partial charge on any atom is -0.383 e. The quantitative estimate of drug-likeness (QED) is 0.645. The van der Waals surface area contributed by atoms with Crippen molar-refractivity contribution in [2.24, 2.45) is 4.99 Å². The number of nitrogens with zero attached hydrogens (tertiary/aromatic N) is 2. The molecule has 0 radical (unpaired) electrons. The molecule has 120 valence electrons. The number of halogens is 1. The van der Waals surface area contributed by atoms with Gasteiger partial charge < -0.3 is 9.30 Å². The highest BCUT2D eigenvalue weighted by Crippen LogP contribution is 2.23. The van der Waals surface area contributed by atoms with Crippen LogP contribution in [0.1, 0.15) is 15.2 Å². The lowest BCUT2D eigenvalue weighted by Crippen LogP contribution is -2.19. The number of para-hydroxylation sites is 1. The molecule has 0 aliphatic rings. The standard InChI is InChI=1S/C16H15BrN2O2S2/c1-10-4-3-5-11-14(10)19(8-9-21-2)16(23-11)18-15(20)12-6-7-13(17)22-12/h3-7H,8-9H2,1-2H3. The Hall–Kier alpha value is -1.28. The average Bonchev–Trinajstić information content (AvgIpc) is 3.10. The molecule has 0 unspecified atom stereocenters. The number of thiazole rings is 1. The first-order chi connectivity index (χ1) is 11.1. The summed E-state index contributed by atoms with van der Waals surface area (Å²) in [6, 6.07) is 9.80. The van der Waals surface area contributed by atoms with E-state index < -0.39 is 0 Å². The lowest BCUT2D eigenvalue weighted by Gasteiger charge is -2.06. The number of fused-ring (bicyclic) bond motifs is 1. The van der Waals surface area contributed by atoms with Gasteiger partial charge in [-0.3, -0.25) is 4.79 Å². The normalized spacial score (nSPS) is 12.2. The van der Waals surface area contributed by atoms with E-state index in [4.69, 9.17) is 4.74 Å². The molecule has 0 atom stereocenters. The van der Waals surface area contributed by atoms with E-state index >= 15 is 0 Å². The van der Waals surface area contributed by atoms with Crippen LogP contribution in [0.5, 0.6) is 0 Å². The molecule has 0 N–H and O–H groups in total. The predicted molar refractivity (Wildman–Crippen MR) is 98.3 cm³/mol. The summed E-state index contributed by atoms with van der Waals surface area (Å²) in [5.41, 5.74) is 2.29. The molecule has 1 aromatic carbocycles. The Morgan fingerprint density at radius 3 is 2.83 bits per heavy atom. The Morgan fingerprint density at radius 1 is 1.30 bits per heavy atom. The number of methoxy groups -OCH3 is 1. The summed E-state index contributed by atoms with van der Waals surface area (Å²) < 4.78 is 9.33. The average molecular weight is 411 g/mol. The molecule has 0 spiro atoms. The van der Waals surface area contributed by atoms with Crippen molar-refractivity contribution in [3.05, 3.63) is 49.4 Å². The Labute approximate surface area is 150 Å². The van der Waals surface area contributed by atoms with Gasteiger partial charge in [0.2, 0.25) is 0 Å². The second-order valence-corrected chi connectivity index (χ2v) is 8.44. The number of rotatable bonds is 4. The van der Waals surface area contributed by atoms with Gasteiger partial charge in [0.1, 0.15) is 0 Å². The SMILES string of the molecule is COCCn1c(=NC(=O)c2ccc(Br)s2)sc2cccc(C)c21. The Kier molecular flexibility index (Phi) is 5.11. The van der Waals surface area contributed by atoms with Gasteiger partial charge in [0.05, 0.1) is 25.5 Å². The number of thiophene rings is 1. The van der Waals surface area contributed by atoms with Crippen LogP contribution in [-0.2, 0) is 11.3 Å². The zero-order chi connectivity index (χ0) is 16.4. The summed E-state index contributed by atoms with van der Waals surface area (Å²) in [4.78, 5) is 18.1. The molecule has 2 heterocycles. The highest BCUT2D eigenvalue weighted by molar-refractivity contribution is 9.11. The van der Waals surface area contributed by atoms with Gasteiger partial charge in [-0.2, -0.15) is 4.99 Å². The van der Waals surface area contributed by atoms with Gasteiger partial charge >= 0.3 is 0 Å². The molecule has 3 aromatic rings. The van der Waals surface area contributed by atoms with Crippen molar-refractivity contribution < 1.29 is 9.53 Å². The van der Waals surface area contributed by atoms with Crippen molar-refractivity contribution in [3.63, 3.8) is 0 Å². The molecular weight excluding hydrogens is 396 g/mol. The molecule has 0 saturated heterocycles. The number of hydrogen-bond donors (Lipinski definition) is 0. The molecule has 0 aliphatic carbocycles. The van der Waals surface area contributed by atoms with Crippen molar-refractivity contribution in [3.8, 4) is 0 Å². The molecule has 0 fully saturated rings. The fourth-order valence-electron chi connectivity index (χ4n) is 2.35. The van der Waals surface area contributed by atoms with Gasteiger partial charge in [0, 0.05) is 13.7 Å². The van der Waals surface area contributed by atoms with Crippen molar-refractivity contribution >= 4 is 54.7 Å². The predicted octanol–water partition coefficient (Wildman–Crippen LogP) is 4.22. The third kappa shape index (κ3) is 3.47. The van der Waals surface area contributed by atoms with E-state index in [1.54, 1.807) is 13.2 Å². The third-order valence-corrected chi connectivity index (χ3v) is 6.06.